The van der Waals surface area contributed by atoms with Gasteiger partial charge >= 0.3 is 5.97 Å². The highest BCUT2D eigenvalue weighted by molar-refractivity contribution is 7.89. The Balaban J connectivity index is 1.67. The van der Waals surface area contributed by atoms with Gasteiger partial charge in [0.05, 0.1) is 23.6 Å². The van der Waals surface area contributed by atoms with Gasteiger partial charge < -0.3 is 19.1 Å². The fourth-order valence-electron chi connectivity index (χ4n) is 4.59. The van der Waals surface area contributed by atoms with Crippen molar-refractivity contribution in [2.24, 2.45) is 0 Å². The van der Waals surface area contributed by atoms with E-state index in [1.807, 2.05) is 41.8 Å². The normalized spacial score (nSPS) is 11.8. The molecule has 0 saturated heterocycles. The number of hydrogen-bond acceptors (Lipinski definition) is 6. The first kappa shape index (κ1) is 29.2. The maximum Gasteiger partial charge on any atom is 0.322 e. The summed E-state index contributed by atoms with van der Waals surface area (Å²) in [6, 6.07) is 19.2. The second-order valence-electron chi connectivity index (χ2n) is 9.25. The van der Waals surface area contributed by atoms with Crippen molar-refractivity contribution in [2.45, 2.75) is 37.8 Å². The topological polar surface area (TPSA) is 131 Å². The fourth-order valence-corrected chi connectivity index (χ4v) is 5.78. The van der Waals surface area contributed by atoms with Gasteiger partial charge in [0.25, 0.3) is 0 Å². The highest BCUT2D eigenvalue weighted by Crippen LogP contribution is 2.31. The number of carbonyl (C=O) groups is 1. The quantitative estimate of drug-likeness (QED) is 0.257. The average molecular weight is 572 g/mol. The monoisotopic (exact) mass is 571 g/mol. The minimum Gasteiger partial charge on any atom is -0.497 e. The number of aromatic nitrogens is 1. The van der Waals surface area contributed by atoms with E-state index in [-0.39, 0.29) is 17.9 Å². The van der Waals surface area contributed by atoms with Gasteiger partial charge in [-0.15, -0.1) is 5.92 Å². The van der Waals surface area contributed by atoms with E-state index in [9.17, 15) is 23.6 Å². The molecule has 0 radical (unpaired) electrons. The van der Waals surface area contributed by atoms with E-state index in [1.165, 1.54) is 24.3 Å². The van der Waals surface area contributed by atoms with Crippen LogP contribution in [0.2, 0.25) is 0 Å². The number of sulfonamides is 1. The Morgan fingerprint density at radius 1 is 1.10 bits per heavy atom. The minimum absolute atomic E-state index is 0.0872. The standard InChI is InChI=1S/C31H29N3O6S/c1-4-5-15-40-24-9-12-26(13-10-24)41(37,38)33-29(31(35)36)18-27-21(2)34(20-23-8-6-7-22(16-23)19-32)30-14-11-25(39-3)17-28(27)30/h6-14,16-17,29,33H,15,18,20H2,1-3H3,(H,35,36). The van der Waals surface area contributed by atoms with Gasteiger partial charge in [0, 0.05) is 29.6 Å². The van der Waals surface area contributed by atoms with Crippen LogP contribution in [0.5, 0.6) is 11.5 Å². The van der Waals surface area contributed by atoms with Gasteiger partial charge in [0.1, 0.15) is 24.1 Å². The Kier molecular flexibility index (Phi) is 8.98. The molecule has 0 saturated carbocycles. The number of methoxy groups -OCH3 is 1. The first-order valence-corrected chi connectivity index (χ1v) is 14.2. The van der Waals surface area contributed by atoms with Crippen LogP contribution in [-0.2, 0) is 27.8 Å². The van der Waals surface area contributed by atoms with Crippen molar-refractivity contribution in [3.8, 4) is 29.4 Å². The molecule has 0 aliphatic rings. The lowest BCUT2D eigenvalue weighted by Crippen LogP contribution is -2.42. The average Bonchev–Trinajstić information content (AvgIpc) is 3.22. The third-order valence-electron chi connectivity index (χ3n) is 6.68. The smallest absolute Gasteiger partial charge is 0.322 e. The van der Waals surface area contributed by atoms with Crippen molar-refractivity contribution in [1.82, 2.24) is 9.29 Å². The predicted molar refractivity (Wildman–Crippen MR) is 154 cm³/mol. The lowest BCUT2D eigenvalue weighted by atomic mass is 10.0. The Morgan fingerprint density at radius 2 is 1.83 bits per heavy atom. The van der Waals surface area contributed by atoms with Gasteiger partial charge in [-0.1, -0.05) is 18.1 Å². The molecule has 210 valence electrons. The number of carboxylic acids is 1. The Labute approximate surface area is 239 Å². The van der Waals surface area contributed by atoms with E-state index in [0.717, 1.165) is 22.2 Å². The summed E-state index contributed by atoms with van der Waals surface area (Å²) in [6.45, 7) is 4.16. The molecule has 9 nitrogen and oxygen atoms in total. The van der Waals surface area contributed by atoms with Crippen LogP contribution >= 0.6 is 0 Å². The number of carboxylic acid groups (broad SMARTS) is 1. The van der Waals surface area contributed by atoms with Crippen molar-refractivity contribution in [1.29, 1.82) is 5.26 Å². The number of ether oxygens (including phenoxy) is 2. The first-order chi connectivity index (χ1) is 19.7. The van der Waals surface area contributed by atoms with E-state index < -0.39 is 22.0 Å². The number of nitriles is 1. The number of nitrogens with zero attached hydrogens (tertiary/aromatic N) is 2. The van der Waals surface area contributed by atoms with Crippen molar-refractivity contribution >= 4 is 26.9 Å². The molecule has 1 aromatic heterocycles. The van der Waals surface area contributed by atoms with Gasteiger partial charge in [-0.2, -0.15) is 9.98 Å². The molecule has 0 fully saturated rings. The maximum atomic E-state index is 13.2. The molecule has 0 amide bonds. The fraction of sp³-hybridized carbons (Fsp3) is 0.226. The maximum absolute atomic E-state index is 13.2. The molecule has 0 bridgehead atoms. The molecule has 0 aliphatic carbocycles. The molecule has 1 unspecified atom stereocenters. The van der Waals surface area contributed by atoms with Crippen LogP contribution in [-0.4, -0.2) is 43.8 Å². The van der Waals surface area contributed by atoms with Crippen LogP contribution in [0.3, 0.4) is 0 Å². The Bertz CT molecular complexity index is 1790. The number of rotatable bonds is 11. The second kappa shape index (κ2) is 12.6. The highest BCUT2D eigenvalue weighted by Gasteiger charge is 2.28. The van der Waals surface area contributed by atoms with E-state index in [0.29, 0.717) is 29.2 Å². The lowest BCUT2D eigenvalue weighted by Gasteiger charge is -2.16. The summed E-state index contributed by atoms with van der Waals surface area (Å²) in [4.78, 5) is 12.2. The summed E-state index contributed by atoms with van der Waals surface area (Å²) < 4.78 is 41.6. The summed E-state index contributed by atoms with van der Waals surface area (Å²) in [7, 11) is -2.63. The molecule has 3 aromatic carbocycles. The number of fused-ring (bicyclic) bond motifs is 1. The Morgan fingerprint density at radius 3 is 2.49 bits per heavy atom. The highest BCUT2D eigenvalue weighted by atomic mass is 32.2. The van der Waals surface area contributed by atoms with Gasteiger partial charge in [0.15, 0.2) is 0 Å². The summed E-state index contributed by atoms with van der Waals surface area (Å²) in [5, 5.41) is 20.1. The van der Waals surface area contributed by atoms with Crippen molar-refractivity contribution in [2.75, 3.05) is 13.7 Å². The molecule has 10 heteroatoms. The third-order valence-corrected chi connectivity index (χ3v) is 8.17. The molecular weight excluding hydrogens is 542 g/mol. The van der Waals surface area contributed by atoms with Gasteiger partial charge in [0.2, 0.25) is 10.0 Å². The SMILES string of the molecule is CC#CCOc1ccc(S(=O)(=O)NC(Cc2c(C)n(Cc3cccc(C#N)c3)c3ccc(OC)cc23)C(=O)O)cc1. The number of aliphatic carboxylic acids is 1. The van der Waals surface area contributed by atoms with Crippen LogP contribution in [0.25, 0.3) is 10.9 Å². The molecule has 1 atom stereocenters. The van der Waals surface area contributed by atoms with E-state index >= 15 is 0 Å². The van der Waals surface area contributed by atoms with Crippen molar-refractivity contribution in [3.05, 3.63) is 89.1 Å². The van der Waals surface area contributed by atoms with Crippen LogP contribution in [0, 0.1) is 30.1 Å². The summed E-state index contributed by atoms with van der Waals surface area (Å²) >= 11 is 0. The zero-order valence-electron chi connectivity index (χ0n) is 22.8. The molecule has 41 heavy (non-hydrogen) atoms. The zero-order valence-corrected chi connectivity index (χ0v) is 23.7. The second-order valence-corrected chi connectivity index (χ2v) is 11.0. The van der Waals surface area contributed by atoms with Crippen molar-refractivity contribution < 1.29 is 27.8 Å². The summed E-state index contributed by atoms with van der Waals surface area (Å²) in [5.41, 5.74) is 3.71. The predicted octanol–water partition coefficient (Wildman–Crippen LogP) is 4.25. The van der Waals surface area contributed by atoms with E-state index in [4.69, 9.17) is 9.47 Å². The number of hydrogen-bond donors (Lipinski definition) is 2. The molecule has 2 N–H and O–H groups in total. The molecule has 0 aliphatic heterocycles. The van der Waals surface area contributed by atoms with Crippen LogP contribution in [0.1, 0.15) is 29.3 Å². The lowest BCUT2D eigenvalue weighted by molar-refractivity contribution is -0.138. The third kappa shape index (κ3) is 6.69. The minimum atomic E-state index is -4.17. The number of nitrogens with one attached hydrogen (secondary N) is 1. The van der Waals surface area contributed by atoms with Crippen LogP contribution in [0.15, 0.2) is 71.6 Å². The molecule has 0 spiro atoms. The van der Waals surface area contributed by atoms with Crippen LogP contribution in [0.4, 0.5) is 0 Å². The molecular formula is C31H29N3O6S. The van der Waals surface area contributed by atoms with Gasteiger partial charge in [-0.3, -0.25) is 4.79 Å². The molecule has 4 rings (SSSR count). The first-order valence-electron chi connectivity index (χ1n) is 12.7. The van der Waals surface area contributed by atoms with Crippen LogP contribution < -0.4 is 14.2 Å². The Hall–Kier alpha value is -4.77. The summed E-state index contributed by atoms with van der Waals surface area (Å²) in [5.74, 6) is 5.19. The van der Waals surface area contributed by atoms with Crippen molar-refractivity contribution in [3.63, 3.8) is 0 Å². The zero-order chi connectivity index (χ0) is 29.6. The van der Waals surface area contributed by atoms with E-state index in [1.54, 1.807) is 26.2 Å². The largest absolute Gasteiger partial charge is 0.497 e. The molecule has 4 aromatic rings. The number of benzene rings is 3. The summed E-state index contributed by atoms with van der Waals surface area (Å²) in [6.07, 6.45) is -0.105. The van der Waals surface area contributed by atoms with Gasteiger partial charge in [-0.25, -0.2) is 8.42 Å². The van der Waals surface area contributed by atoms with E-state index in [2.05, 4.69) is 22.6 Å². The molecule has 1 heterocycles. The van der Waals surface area contributed by atoms with Gasteiger partial charge in [-0.05, 0) is 79.6 Å².